The highest BCUT2D eigenvalue weighted by Gasteiger charge is 2.48. The van der Waals surface area contributed by atoms with E-state index in [1.807, 2.05) is 25.1 Å². The minimum Gasteiger partial charge on any atom is -0.507 e. The summed E-state index contributed by atoms with van der Waals surface area (Å²) in [5.74, 6) is -2.09. The van der Waals surface area contributed by atoms with Crippen LogP contribution in [0.4, 0.5) is 10.8 Å². The molecule has 1 fully saturated rings. The molecule has 1 aliphatic rings. The molecule has 1 amide bonds. The van der Waals surface area contributed by atoms with Gasteiger partial charge < -0.3 is 5.11 Å². The molecule has 1 aromatic heterocycles. The molecule has 5 rings (SSSR count). The molecule has 0 aliphatic carbocycles. The van der Waals surface area contributed by atoms with E-state index in [1.165, 1.54) is 34.4 Å². The Bertz CT molecular complexity index is 1510. The fraction of sp³-hybridized carbons (Fsp3) is 0.0800. The average molecular weight is 471 g/mol. The number of benzene rings is 3. The SMILES string of the molecule is Cc1ccc2nc(N3C(=O)C(=O)C(=C(O)c4ccccc4)[C@H]3c3cccc([N+](=O)[O-])c3)sc2c1. The van der Waals surface area contributed by atoms with E-state index in [-0.39, 0.29) is 22.2 Å². The molecule has 0 unspecified atom stereocenters. The quantitative estimate of drug-likeness (QED) is 0.145. The van der Waals surface area contributed by atoms with Crippen LogP contribution in [-0.2, 0) is 9.59 Å². The van der Waals surface area contributed by atoms with Crippen LogP contribution in [0.25, 0.3) is 16.0 Å². The number of carbonyl (C=O) groups is 2. The van der Waals surface area contributed by atoms with Crippen LogP contribution in [0.1, 0.15) is 22.7 Å². The van der Waals surface area contributed by atoms with Crippen molar-refractivity contribution in [3.05, 3.63) is 105 Å². The van der Waals surface area contributed by atoms with E-state index in [1.54, 1.807) is 36.4 Å². The summed E-state index contributed by atoms with van der Waals surface area (Å²) in [5, 5.41) is 22.8. The number of Topliss-reactive ketones (excluding diaryl/α,β-unsaturated/α-hetero) is 1. The van der Waals surface area contributed by atoms with Gasteiger partial charge in [0.15, 0.2) is 5.13 Å². The lowest BCUT2D eigenvalue weighted by Crippen LogP contribution is -2.29. The number of nitro benzene ring substituents is 1. The van der Waals surface area contributed by atoms with E-state index in [0.717, 1.165) is 10.3 Å². The number of fused-ring (bicyclic) bond motifs is 1. The Morgan fingerprint density at radius 3 is 2.56 bits per heavy atom. The van der Waals surface area contributed by atoms with E-state index < -0.39 is 22.7 Å². The minimum absolute atomic E-state index is 0.146. The highest BCUT2D eigenvalue weighted by molar-refractivity contribution is 7.22. The molecule has 1 N–H and O–H groups in total. The number of non-ortho nitro benzene ring substituents is 1. The fourth-order valence-corrected chi connectivity index (χ4v) is 5.12. The maximum atomic E-state index is 13.3. The summed E-state index contributed by atoms with van der Waals surface area (Å²) in [5.41, 5.74) is 2.02. The van der Waals surface area contributed by atoms with Crippen molar-refractivity contribution in [2.24, 2.45) is 0 Å². The van der Waals surface area contributed by atoms with Gasteiger partial charge in [0.2, 0.25) is 0 Å². The van der Waals surface area contributed by atoms with Gasteiger partial charge in [0, 0.05) is 17.7 Å². The number of ketones is 1. The zero-order chi connectivity index (χ0) is 24.0. The first kappa shape index (κ1) is 21.5. The lowest BCUT2D eigenvalue weighted by Gasteiger charge is -2.22. The van der Waals surface area contributed by atoms with Gasteiger partial charge in [-0.3, -0.25) is 24.6 Å². The van der Waals surface area contributed by atoms with Gasteiger partial charge in [-0.1, -0.05) is 59.9 Å². The minimum atomic E-state index is -1.08. The summed E-state index contributed by atoms with van der Waals surface area (Å²) in [6.07, 6.45) is 0. The Morgan fingerprint density at radius 1 is 1.06 bits per heavy atom. The monoisotopic (exact) mass is 471 g/mol. The van der Waals surface area contributed by atoms with Crippen molar-refractivity contribution in [2.75, 3.05) is 4.90 Å². The predicted octanol–water partition coefficient (Wildman–Crippen LogP) is 5.14. The summed E-state index contributed by atoms with van der Waals surface area (Å²) < 4.78 is 0.831. The first-order valence-electron chi connectivity index (χ1n) is 10.3. The molecular weight excluding hydrogens is 454 g/mol. The Kier molecular flexibility index (Phi) is 5.18. The van der Waals surface area contributed by atoms with Gasteiger partial charge in [-0.15, -0.1) is 0 Å². The highest BCUT2D eigenvalue weighted by Crippen LogP contribution is 2.44. The number of aliphatic hydroxyl groups excluding tert-OH is 1. The number of nitrogens with zero attached hydrogens (tertiary/aromatic N) is 3. The van der Waals surface area contributed by atoms with Crippen LogP contribution in [0.5, 0.6) is 0 Å². The van der Waals surface area contributed by atoms with Crippen LogP contribution in [0.15, 0.2) is 78.4 Å². The molecule has 9 heteroatoms. The topological polar surface area (TPSA) is 114 Å². The Labute approximate surface area is 197 Å². The normalized spacial score (nSPS) is 17.4. The van der Waals surface area contributed by atoms with Gasteiger partial charge in [0.05, 0.1) is 26.8 Å². The molecule has 1 saturated heterocycles. The molecule has 0 radical (unpaired) electrons. The second kappa shape index (κ2) is 8.20. The van der Waals surface area contributed by atoms with Crippen molar-refractivity contribution >= 4 is 49.8 Å². The van der Waals surface area contributed by atoms with Crippen LogP contribution >= 0.6 is 11.3 Å². The maximum absolute atomic E-state index is 13.3. The average Bonchev–Trinajstić information content (AvgIpc) is 3.37. The molecule has 3 aromatic carbocycles. The number of rotatable bonds is 4. The molecule has 4 aromatic rings. The number of aliphatic hydroxyl groups is 1. The van der Waals surface area contributed by atoms with Crippen molar-refractivity contribution in [1.29, 1.82) is 0 Å². The third kappa shape index (κ3) is 3.52. The van der Waals surface area contributed by atoms with E-state index in [0.29, 0.717) is 16.6 Å². The summed E-state index contributed by atoms with van der Waals surface area (Å²) in [4.78, 5) is 43.1. The number of hydrogen-bond acceptors (Lipinski definition) is 7. The van der Waals surface area contributed by atoms with Gasteiger partial charge in [-0.25, -0.2) is 4.98 Å². The Hall–Kier alpha value is -4.37. The smallest absolute Gasteiger partial charge is 0.301 e. The van der Waals surface area contributed by atoms with Gasteiger partial charge in [-0.05, 0) is 30.2 Å². The van der Waals surface area contributed by atoms with Crippen molar-refractivity contribution in [1.82, 2.24) is 4.98 Å². The van der Waals surface area contributed by atoms with Crippen molar-refractivity contribution in [3.8, 4) is 0 Å². The van der Waals surface area contributed by atoms with Gasteiger partial charge in [0.1, 0.15) is 5.76 Å². The first-order chi connectivity index (χ1) is 16.3. The highest BCUT2D eigenvalue weighted by atomic mass is 32.1. The number of aromatic nitrogens is 1. The molecule has 168 valence electrons. The largest absolute Gasteiger partial charge is 0.507 e. The molecule has 1 atom stereocenters. The number of amides is 1. The molecule has 0 saturated carbocycles. The van der Waals surface area contributed by atoms with Crippen LogP contribution in [0.3, 0.4) is 0 Å². The van der Waals surface area contributed by atoms with Crippen LogP contribution in [0.2, 0.25) is 0 Å². The molecule has 8 nitrogen and oxygen atoms in total. The first-order valence-corrected chi connectivity index (χ1v) is 11.1. The van der Waals surface area contributed by atoms with Gasteiger partial charge >= 0.3 is 5.91 Å². The predicted molar refractivity (Wildman–Crippen MR) is 129 cm³/mol. The van der Waals surface area contributed by atoms with Crippen LogP contribution in [0, 0.1) is 17.0 Å². The van der Waals surface area contributed by atoms with E-state index in [9.17, 15) is 24.8 Å². The molecule has 2 heterocycles. The second-order valence-electron chi connectivity index (χ2n) is 7.85. The van der Waals surface area contributed by atoms with Crippen molar-refractivity contribution in [2.45, 2.75) is 13.0 Å². The van der Waals surface area contributed by atoms with Crippen LogP contribution in [-0.4, -0.2) is 26.7 Å². The molecule has 1 aliphatic heterocycles. The fourth-order valence-electron chi connectivity index (χ4n) is 4.03. The van der Waals surface area contributed by atoms with E-state index >= 15 is 0 Å². The zero-order valence-corrected chi connectivity index (χ0v) is 18.7. The molecule has 0 spiro atoms. The summed E-state index contributed by atoms with van der Waals surface area (Å²) in [7, 11) is 0. The van der Waals surface area contributed by atoms with E-state index in [2.05, 4.69) is 4.98 Å². The zero-order valence-electron chi connectivity index (χ0n) is 17.8. The maximum Gasteiger partial charge on any atom is 0.301 e. The summed E-state index contributed by atoms with van der Waals surface area (Å²) in [6.45, 7) is 1.94. The summed E-state index contributed by atoms with van der Waals surface area (Å²) in [6, 6.07) is 18.7. The Morgan fingerprint density at radius 2 is 1.82 bits per heavy atom. The van der Waals surface area contributed by atoms with Crippen LogP contribution < -0.4 is 4.90 Å². The third-order valence-electron chi connectivity index (χ3n) is 5.63. The molecular formula is C25H17N3O5S. The second-order valence-corrected chi connectivity index (χ2v) is 8.86. The number of thiazole rings is 1. The van der Waals surface area contributed by atoms with Gasteiger partial charge in [0.25, 0.3) is 11.5 Å². The summed E-state index contributed by atoms with van der Waals surface area (Å²) >= 11 is 1.24. The standard InChI is InChI=1S/C25H17N3O5S/c1-14-10-11-18-19(12-14)34-25(26-18)27-21(16-8-5-9-17(13-16)28(32)33)20(23(30)24(27)31)22(29)15-6-3-2-4-7-15/h2-13,21,29H,1H3/t21-/m1/s1. The number of hydrogen-bond donors (Lipinski definition) is 1. The number of aryl methyl sites for hydroxylation is 1. The lowest BCUT2D eigenvalue weighted by molar-refractivity contribution is -0.384. The Balaban J connectivity index is 1.75. The third-order valence-corrected chi connectivity index (χ3v) is 6.64. The molecule has 34 heavy (non-hydrogen) atoms. The lowest BCUT2D eigenvalue weighted by atomic mass is 9.95. The number of anilines is 1. The van der Waals surface area contributed by atoms with Crippen molar-refractivity contribution in [3.63, 3.8) is 0 Å². The van der Waals surface area contributed by atoms with Gasteiger partial charge in [-0.2, -0.15) is 0 Å². The number of carbonyl (C=O) groups excluding carboxylic acids is 2. The molecule has 0 bridgehead atoms. The van der Waals surface area contributed by atoms with Crippen molar-refractivity contribution < 1.29 is 19.6 Å². The number of nitro groups is 1. The van der Waals surface area contributed by atoms with E-state index in [4.69, 9.17) is 0 Å².